The van der Waals surface area contributed by atoms with Gasteiger partial charge in [0.25, 0.3) is 0 Å². The van der Waals surface area contributed by atoms with Crippen molar-refractivity contribution >= 4 is 6.21 Å². The van der Waals surface area contributed by atoms with Gasteiger partial charge in [0.1, 0.15) is 12.2 Å². The average Bonchev–Trinajstić information content (AvgIpc) is 2.05. The van der Waals surface area contributed by atoms with Gasteiger partial charge < -0.3 is 0 Å². The number of pyridine rings is 1. The maximum atomic E-state index is 4.20. The van der Waals surface area contributed by atoms with E-state index in [4.69, 9.17) is 0 Å². The van der Waals surface area contributed by atoms with Gasteiger partial charge in [-0.15, -0.1) is 0 Å². The van der Waals surface area contributed by atoms with Crippen LogP contribution in [0, 0.1) is 0 Å². The summed E-state index contributed by atoms with van der Waals surface area (Å²) in [5.41, 5.74) is 2.44. The summed E-state index contributed by atoms with van der Waals surface area (Å²) in [5, 5.41) is 0. The highest BCUT2D eigenvalue weighted by molar-refractivity contribution is 5.74. The van der Waals surface area contributed by atoms with Gasteiger partial charge >= 0.3 is 0 Å². The predicted octanol–water partition coefficient (Wildman–Crippen LogP) is -0.863. The van der Waals surface area contributed by atoms with Gasteiger partial charge in [0, 0.05) is 12.6 Å². The highest BCUT2D eigenvalue weighted by Crippen LogP contribution is 2.02. The Balaban J connectivity index is 2.54. The first-order valence-electron chi connectivity index (χ1n) is 3.47. The van der Waals surface area contributed by atoms with Crippen LogP contribution in [0.2, 0.25) is 0 Å². The van der Waals surface area contributed by atoms with E-state index in [1.807, 2.05) is 18.5 Å². The Bertz CT molecular complexity index is 266. The standard InChI is InChI=1S/C8H8N2/c1-2-7-3-5-9-6-8(7)10-4-1/h1-2,4,6H,3,5H2/p+1. The lowest BCUT2D eigenvalue weighted by atomic mass is 10.1. The number of rotatable bonds is 0. The molecule has 2 nitrogen and oxygen atoms in total. The van der Waals surface area contributed by atoms with Gasteiger partial charge in [-0.3, -0.25) is 4.98 Å². The molecule has 50 valence electrons. The van der Waals surface area contributed by atoms with Crippen molar-refractivity contribution in [1.29, 1.82) is 0 Å². The van der Waals surface area contributed by atoms with Crippen LogP contribution in [0.5, 0.6) is 0 Å². The first-order chi connectivity index (χ1) is 4.97. The molecule has 2 rings (SSSR count). The van der Waals surface area contributed by atoms with E-state index in [0.29, 0.717) is 0 Å². The number of aromatic nitrogens is 1. The first-order valence-corrected chi connectivity index (χ1v) is 3.47. The molecule has 0 aliphatic carbocycles. The van der Waals surface area contributed by atoms with Crippen LogP contribution in [0.3, 0.4) is 0 Å². The molecule has 1 aromatic heterocycles. The molecule has 0 bridgehead atoms. The third kappa shape index (κ3) is 0.817. The summed E-state index contributed by atoms with van der Waals surface area (Å²) in [7, 11) is 0. The van der Waals surface area contributed by atoms with E-state index in [-0.39, 0.29) is 0 Å². The van der Waals surface area contributed by atoms with Gasteiger partial charge in [0.05, 0.1) is 0 Å². The third-order valence-electron chi connectivity index (χ3n) is 1.70. The Morgan fingerprint density at radius 1 is 1.50 bits per heavy atom. The summed E-state index contributed by atoms with van der Waals surface area (Å²) in [6.07, 6.45) is 4.89. The van der Waals surface area contributed by atoms with Crippen LogP contribution < -0.4 is 4.99 Å². The zero-order valence-electron chi connectivity index (χ0n) is 5.67. The van der Waals surface area contributed by atoms with Gasteiger partial charge in [0.15, 0.2) is 6.21 Å². The zero-order valence-corrected chi connectivity index (χ0v) is 5.67. The molecule has 2 heteroatoms. The van der Waals surface area contributed by atoms with E-state index in [9.17, 15) is 0 Å². The molecule has 1 aromatic rings. The Labute approximate surface area is 59.6 Å². The van der Waals surface area contributed by atoms with Crippen LogP contribution in [0.15, 0.2) is 18.3 Å². The van der Waals surface area contributed by atoms with Crippen molar-refractivity contribution in [3.05, 3.63) is 29.6 Å². The molecule has 2 heterocycles. The third-order valence-corrected chi connectivity index (χ3v) is 1.70. The molecule has 0 aromatic carbocycles. The van der Waals surface area contributed by atoms with Crippen LogP contribution in [0.1, 0.15) is 11.3 Å². The van der Waals surface area contributed by atoms with E-state index in [2.05, 4.69) is 16.0 Å². The summed E-state index contributed by atoms with van der Waals surface area (Å²) in [5.74, 6) is 0. The lowest BCUT2D eigenvalue weighted by Crippen LogP contribution is -2.71. The molecule has 0 atom stereocenters. The molecule has 0 amide bonds. The number of hydrogen-bond donors (Lipinski definition) is 1. The van der Waals surface area contributed by atoms with Gasteiger partial charge in [-0.05, 0) is 11.6 Å². The molecule has 1 aliphatic heterocycles. The zero-order chi connectivity index (χ0) is 6.81. The summed E-state index contributed by atoms with van der Waals surface area (Å²) >= 11 is 0. The molecule has 0 saturated heterocycles. The Morgan fingerprint density at radius 3 is 3.40 bits per heavy atom. The van der Waals surface area contributed by atoms with E-state index < -0.39 is 0 Å². The predicted molar refractivity (Wildman–Crippen MR) is 38.9 cm³/mol. The number of nitrogens with zero attached hydrogens (tertiary/aromatic N) is 1. The fourth-order valence-electron chi connectivity index (χ4n) is 1.17. The highest BCUT2D eigenvalue weighted by Gasteiger charge is 2.07. The molecule has 0 saturated carbocycles. The Hall–Kier alpha value is -1.18. The molecular formula is C8H9N2+. The summed E-state index contributed by atoms with van der Waals surface area (Å²) in [4.78, 5) is 7.35. The molecule has 0 radical (unpaired) electrons. The molecular weight excluding hydrogens is 124 g/mol. The number of fused-ring (bicyclic) bond motifs is 1. The van der Waals surface area contributed by atoms with Crippen molar-refractivity contribution in [2.24, 2.45) is 0 Å². The van der Waals surface area contributed by atoms with E-state index in [0.717, 1.165) is 18.7 Å². The van der Waals surface area contributed by atoms with Crippen molar-refractivity contribution in [2.75, 3.05) is 6.54 Å². The lowest BCUT2D eigenvalue weighted by molar-refractivity contribution is -0.452. The Morgan fingerprint density at radius 2 is 2.50 bits per heavy atom. The monoisotopic (exact) mass is 133 g/mol. The molecule has 0 fully saturated rings. The van der Waals surface area contributed by atoms with Crippen molar-refractivity contribution in [1.82, 2.24) is 4.98 Å². The average molecular weight is 133 g/mol. The quantitative estimate of drug-likeness (QED) is 0.489. The maximum Gasteiger partial charge on any atom is 0.188 e. The van der Waals surface area contributed by atoms with Crippen molar-refractivity contribution < 1.29 is 4.99 Å². The SMILES string of the molecule is C1=[NH+]CCc2cccnc21. The second-order valence-electron chi connectivity index (χ2n) is 2.40. The molecule has 10 heavy (non-hydrogen) atoms. The van der Waals surface area contributed by atoms with Crippen molar-refractivity contribution in [3.63, 3.8) is 0 Å². The van der Waals surface area contributed by atoms with Gasteiger partial charge in [0.2, 0.25) is 0 Å². The largest absolute Gasteiger partial charge is 0.250 e. The van der Waals surface area contributed by atoms with Gasteiger partial charge in [-0.2, -0.15) is 0 Å². The number of nitrogens with one attached hydrogen (secondary N) is 1. The van der Waals surface area contributed by atoms with Crippen LogP contribution >= 0.6 is 0 Å². The van der Waals surface area contributed by atoms with Gasteiger partial charge in [-0.1, -0.05) is 6.07 Å². The second kappa shape index (κ2) is 2.21. The topological polar surface area (TPSA) is 26.9 Å². The van der Waals surface area contributed by atoms with Crippen LogP contribution in [-0.2, 0) is 6.42 Å². The lowest BCUT2D eigenvalue weighted by Gasteiger charge is -2.02. The minimum absolute atomic E-state index is 1.04. The fourth-order valence-corrected chi connectivity index (χ4v) is 1.17. The van der Waals surface area contributed by atoms with Crippen molar-refractivity contribution in [3.8, 4) is 0 Å². The fraction of sp³-hybridized carbons (Fsp3) is 0.250. The van der Waals surface area contributed by atoms with E-state index in [1.54, 1.807) is 0 Å². The normalized spacial score (nSPS) is 14.8. The van der Waals surface area contributed by atoms with Crippen LogP contribution in [0.4, 0.5) is 0 Å². The second-order valence-corrected chi connectivity index (χ2v) is 2.40. The minimum Gasteiger partial charge on any atom is -0.250 e. The molecule has 1 N–H and O–H groups in total. The highest BCUT2D eigenvalue weighted by atomic mass is 14.8. The maximum absolute atomic E-state index is 4.20. The van der Waals surface area contributed by atoms with E-state index in [1.165, 1.54) is 5.56 Å². The van der Waals surface area contributed by atoms with Gasteiger partial charge in [-0.25, -0.2) is 4.99 Å². The van der Waals surface area contributed by atoms with E-state index >= 15 is 0 Å². The molecule has 1 aliphatic rings. The summed E-state index contributed by atoms with van der Waals surface area (Å²) < 4.78 is 0. The van der Waals surface area contributed by atoms with Crippen LogP contribution in [-0.4, -0.2) is 17.7 Å². The minimum atomic E-state index is 1.04. The smallest absolute Gasteiger partial charge is 0.188 e. The Kier molecular flexibility index (Phi) is 1.24. The molecule has 0 unspecified atom stereocenters. The van der Waals surface area contributed by atoms with Crippen molar-refractivity contribution in [2.45, 2.75) is 6.42 Å². The van der Waals surface area contributed by atoms with Crippen LogP contribution in [0.25, 0.3) is 0 Å². The summed E-state index contributed by atoms with van der Waals surface area (Å²) in [6.45, 7) is 1.04. The molecule has 0 spiro atoms. The summed E-state index contributed by atoms with van der Waals surface area (Å²) in [6, 6.07) is 4.11. The number of hydrogen-bond acceptors (Lipinski definition) is 1. The first kappa shape index (κ1) is 5.59.